The maximum absolute atomic E-state index is 6.47. The van der Waals surface area contributed by atoms with E-state index < -0.39 is 7.92 Å². The molecule has 0 bridgehead atoms. The van der Waals surface area contributed by atoms with Gasteiger partial charge in [0.25, 0.3) is 0 Å². The van der Waals surface area contributed by atoms with Gasteiger partial charge in [-0.3, -0.25) is 0 Å². The minimum absolute atomic E-state index is 0.0516. The SMILES string of the molecule is C[C@@H](NC(=S)N[C@H]1c2ccccc2C[C@@H]1N)[C@@H]1CCCC1P(c1ccccc1)c1ccccc1. The van der Waals surface area contributed by atoms with E-state index in [2.05, 4.69) is 102 Å². The van der Waals surface area contributed by atoms with Crippen molar-refractivity contribution in [3.05, 3.63) is 96.1 Å². The van der Waals surface area contributed by atoms with E-state index in [4.69, 9.17) is 18.0 Å². The Labute approximate surface area is 210 Å². The number of hydrogen-bond acceptors (Lipinski definition) is 2. The number of fused-ring (bicyclic) bond motifs is 1. The van der Waals surface area contributed by atoms with E-state index in [-0.39, 0.29) is 12.1 Å². The van der Waals surface area contributed by atoms with Crippen LogP contribution in [0.5, 0.6) is 0 Å². The summed E-state index contributed by atoms with van der Waals surface area (Å²) in [5.41, 5.74) is 9.72. The summed E-state index contributed by atoms with van der Waals surface area (Å²) in [6, 6.07) is 31.2. The number of hydrogen-bond donors (Lipinski definition) is 3. The summed E-state index contributed by atoms with van der Waals surface area (Å²) in [6.07, 6.45) is 4.69. The van der Waals surface area contributed by atoms with Gasteiger partial charge < -0.3 is 16.4 Å². The van der Waals surface area contributed by atoms with Crippen LogP contribution in [0.4, 0.5) is 0 Å². The summed E-state index contributed by atoms with van der Waals surface area (Å²) >= 11 is 5.80. The molecule has 34 heavy (non-hydrogen) atoms. The summed E-state index contributed by atoms with van der Waals surface area (Å²) in [5, 5.41) is 10.9. The molecule has 3 aromatic rings. The standard InChI is InChI=1S/C29H34N3PS/c1-20(31-29(34)32-28-25-16-9-8-11-21(25)19-26(28)30)24-17-10-18-27(24)33(22-12-4-2-5-13-22)23-14-6-3-7-15-23/h2-9,11-16,20,24,26-28H,10,17-19,30H2,1H3,(H2,31,32,34)/t20-,24+,26+,27?,28+/m1/s1. The largest absolute Gasteiger partial charge is 0.360 e. The minimum Gasteiger partial charge on any atom is -0.360 e. The van der Waals surface area contributed by atoms with Gasteiger partial charge in [0.2, 0.25) is 0 Å². The first-order valence-corrected chi connectivity index (χ1v) is 14.2. The van der Waals surface area contributed by atoms with Gasteiger partial charge in [-0.15, -0.1) is 0 Å². The zero-order chi connectivity index (χ0) is 23.5. The van der Waals surface area contributed by atoms with Gasteiger partial charge in [-0.05, 0) is 79.6 Å². The van der Waals surface area contributed by atoms with Crippen molar-refractivity contribution < 1.29 is 0 Å². The lowest BCUT2D eigenvalue weighted by Crippen LogP contribution is -2.49. The molecule has 5 heteroatoms. The first kappa shape index (κ1) is 23.5. The zero-order valence-electron chi connectivity index (χ0n) is 19.7. The van der Waals surface area contributed by atoms with E-state index in [1.165, 1.54) is 41.0 Å². The molecule has 1 unspecified atom stereocenters. The van der Waals surface area contributed by atoms with Gasteiger partial charge in [0, 0.05) is 12.1 Å². The van der Waals surface area contributed by atoms with E-state index in [1.54, 1.807) is 0 Å². The lowest BCUT2D eigenvalue weighted by molar-refractivity contribution is 0.426. The Morgan fingerprint density at radius 3 is 2.21 bits per heavy atom. The van der Waals surface area contributed by atoms with Crippen LogP contribution in [0.25, 0.3) is 0 Å². The summed E-state index contributed by atoms with van der Waals surface area (Å²) in [5.74, 6) is 0.579. The second-order valence-electron chi connectivity index (χ2n) is 9.65. The Morgan fingerprint density at radius 2 is 1.53 bits per heavy atom. The fourth-order valence-electron chi connectivity index (χ4n) is 5.89. The molecule has 2 aliphatic rings. The Morgan fingerprint density at radius 1 is 0.912 bits per heavy atom. The van der Waals surface area contributed by atoms with Crippen molar-refractivity contribution in [2.45, 2.75) is 56.4 Å². The zero-order valence-corrected chi connectivity index (χ0v) is 21.4. The lowest BCUT2D eigenvalue weighted by Gasteiger charge is -2.34. The molecule has 3 nitrogen and oxygen atoms in total. The molecule has 2 aliphatic carbocycles. The third-order valence-electron chi connectivity index (χ3n) is 7.49. The third kappa shape index (κ3) is 4.91. The van der Waals surface area contributed by atoms with E-state index in [0.717, 1.165) is 11.5 Å². The highest BCUT2D eigenvalue weighted by molar-refractivity contribution is 7.80. The van der Waals surface area contributed by atoms with E-state index >= 15 is 0 Å². The molecular formula is C29H34N3PS. The van der Waals surface area contributed by atoms with Crippen molar-refractivity contribution in [2.24, 2.45) is 11.7 Å². The fraction of sp³-hybridized carbons (Fsp3) is 0.345. The molecule has 4 N–H and O–H groups in total. The second-order valence-corrected chi connectivity index (χ2v) is 12.5. The Kier molecular flexibility index (Phi) is 7.29. The fourth-order valence-corrected chi connectivity index (χ4v) is 9.48. The molecule has 5 rings (SSSR count). The van der Waals surface area contributed by atoms with Crippen molar-refractivity contribution in [1.82, 2.24) is 10.6 Å². The van der Waals surface area contributed by atoms with Crippen molar-refractivity contribution in [3.63, 3.8) is 0 Å². The first-order valence-electron chi connectivity index (χ1n) is 12.4. The molecule has 0 aromatic heterocycles. The average molecular weight is 488 g/mol. The lowest BCUT2D eigenvalue weighted by atomic mass is 9.99. The van der Waals surface area contributed by atoms with Gasteiger partial charge in [0.1, 0.15) is 0 Å². The highest BCUT2D eigenvalue weighted by Gasteiger charge is 2.38. The van der Waals surface area contributed by atoms with Crippen molar-refractivity contribution >= 4 is 35.9 Å². The van der Waals surface area contributed by atoms with Crippen molar-refractivity contribution in [3.8, 4) is 0 Å². The van der Waals surface area contributed by atoms with Crippen LogP contribution in [0, 0.1) is 5.92 Å². The topological polar surface area (TPSA) is 50.1 Å². The van der Waals surface area contributed by atoms with Gasteiger partial charge in [-0.2, -0.15) is 0 Å². The molecule has 1 saturated carbocycles. The molecule has 176 valence electrons. The van der Waals surface area contributed by atoms with E-state index in [1.807, 2.05) is 0 Å². The maximum atomic E-state index is 6.47. The monoisotopic (exact) mass is 487 g/mol. The van der Waals surface area contributed by atoms with E-state index in [9.17, 15) is 0 Å². The van der Waals surface area contributed by atoms with Crippen LogP contribution in [-0.2, 0) is 6.42 Å². The maximum Gasteiger partial charge on any atom is 0.167 e. The van der Waals surface area contributed by atoms with Crippen LogP contribution in [0.3, 0.4) is 0 Å². The van der Waals surface area contributed by atoms with E-state index in [0.29, 0.717) is 17.6 Å². The quantitative estimate of drug-likeness (QED) is 0.347. The Hall–Kier alpha value is -2.26. The molecule has 3 aromatic carbocycles. The summed E-state index contributed by atoms with van der Waals surface area (Å²) < 4.78 is 0. The van der Waals surface area contributed by atoms with Crippen molar-refractivity contribution in [2.75, 3.05) is 0 Å². The molecule has 0 radical (unpaired) electrons. The predicted molar refractivity (Wildman–Crippen MR) is 149 cm³/mol. The third-order valence-corrected chi connectivity index (χ3v) is 10.7. The average Bonchev–Trinajstić information content (AvgIpc) is 3.45. The van der Waals surface area contributed by atoms with Crippen LogP contribution in [0.1, 0.15) is 43.4 Å². The summed E-state index contributed by atoms with van der Waals surface area (Å²) in [7, 11) is -0.427. The Bertz CT molecular complexity index is 1070. The van der Waals surface area contributed by atoms with Crippen LogP contribution in [0.2, 0.25) is 0 Å². The molecule has 0 amide bonds. The molecule has 0 aliphatic heterocycles. The summed E-state index contributed by atoms with van der Waals surface area (Å²) in [6.45, 7) is 2.31. The van der Waals surface area contributed by atoms with Crippen LogP contribution in [0.15, 0.2) is 84.9 Å². The predicted octanol–water partition coefficient (Wildman–Crippen LogP) is 4.77. The molecule has 5 atom stereocenters. The first-order chi connectivity index (χ1) is 16.6. The number of thiocarbonyl (C=S) groups is 1. The number of rotatable bonds is 6. The molecule has 0 saturated heterocycles. The number of nitrogens with one attached hydrogen (secondary N) is 2. The van der Waals surface area contributed by atoms with Gasteiger partial charge in [-0.1, -0.05) is 91.3 Å². The summed E-state index contributed by atoms with van der Waals surface area (Å²) in [4.78, 5) is 0. The number of nitrogens with two attached hydrogens (primary N) is 1. The van der Waals surface area contributed by atoms with Crippen LogP contribution < -0.4 is 27.0 Å². The minimum atomic E-state index is -0.427. The van der Waals surface area contributed by atoms with Crippen LogP contribution >= 0.6 is 20.1 Å². The van der Waals surface area contributed by atoms with Gasteiger partial charge >= 0.3 is 0 Å². The Balaban J connectivity index is 1.31. The number of benzene rings is 3. The molecule has 0 spiro atoms. The highest BCUT2D eigenvalue weighted by atomic mass is 32.1. The van der Waals surface area contributed by atoms with Gasteiger partial charge in [-0.25, -0.2) is 0 Å². The van der Waals surface area contributed by atoms with Crippen molar-refractivity contribution in [1.29, 1.82) is 0 Å². The smallest absolute Gasteiger partial charge is 0.167 e. The molecule has 0 heterocycles. The normalized spacial score (nSPS) is 24.6. The highest BCUT2D eigenvalue weighted by Crippen LogP contribution is 2.51. The second kappa shape index (κ2) is 10.6. The van der Waals surface area contributed by atoms with Crippen LogP contribution in [-0.4, -0.2) is 22.9 Å². The molecular weight excluding hydrogens is 453 g/mol. The van der Waals surface area contributed by atoms with Gasteiger partial charge in [0.05, 0.1) is 6.04 Å². The molecule has 1 fully saturated rings. The van der Waals surface area contributed by atoms with Gasteiger partial charge in [0.15, 0.2) is 5.11 Å².